The molecule has 0 bridgehead atoms. The Morgan fingerprint density at radius 1 is 1.00 bits per heavy atom. The number of rotatable bonds is 7. The molecule has 2 aromatic rings. The second kappa shape index (κ2) is 8.82. The first kappa shape index (κ1) is 17.7. The highest BCUT2D eigenvalue weighted by molar-refractivity contribution is 5.71. The second-order valence-electron chi connectivity index (χ2n) is 5.28. The van der Waals surface area contributed by atoms with Gasteiger partial charge < -0.3 is 19.5 Å². The Bertz CT molecular complexity index is 654. The molecule has 0 fully saturated rings. The van der Waals surface area contributed by atoms with Crippen LogP contribution in [-0.4, -0.2) is 19.2 Å². The Balaban J connectivity index is 2.07. The lowest BCUT2D eigenvalue weighted by Gasteiger charge is -2.15. The van der Waals surface area contributed by atoms with Crippen LogP contribution in [0.1, 0.15) is 26.7 Å². The molecule has 0 saturated heterocycles. The van der Waals surface area contributed by atoms with E-state index in [0.717, 1.165) is 12.8 Å². The molecule has 0 atom stereocenters. The van der Waals surface area contributed by atoms with Gasteiger partial charge in [-0.1, -0.05) is 32.0 Å². The van der Waals surface area contributed by atoms with Crippen molar-refractivity contribution < 1.29 is 19.0 Å². The van der Waals surface area contributed by atoms with E-state index in [2.05, 4.69) is 5.32 Å². The minimum absolute atomic E-state index is 0.111. The van der Waals surface area contributed by atoms with Crippen LogP contribution in [0.5, 0.6) is 23.0 Å². The lowest BCUT2D eigenvalue weighted by atomic mass is 10.2. The van der Waals surface area contributed by atoms with E-state index in [4.69, 9.17) is 14.2 Å². The van der Waals surface area contributed by atoms with Crippen LogP contribution in [0, 0.1) is 0 Å². The predicted molar refractivity (Wildman–Crippen MR) is 93.0 cm³/mol. The molecular weight excluding hydrogens is 306 g/mol. The second-order valence-corrected chi connectivity index (χ2v) is 5.28. The molecule has 0 spiro atoms. The lowest BCUT2D eigenvalue weighted by Crippen LogP contribution is -2.35. The number of carbonyl (C=O) groups excluding carboxylic acids is 1. The summed E-state index contributed by atoms with van der Waals surface area (Å²) >= 11 is 0. The number of benzene rings is 2. The van der Waals surface area contributed by atoms with Crippen molar-refractivity contribution in [3.8, 4) is 23.0 Å². The molecule has 0 aliphatic heterocycles. The van der Waals surface area contributed by atoms with Gasteiger partial charge in [0.05, 0.1) is 7.11 Å². The van der Waals surface area contributed by atoms with E-state index in [1.165, 1.54) is 0 Å². The standard InChI is InChI=1S/C19H23NO4/c1-4-14(5-2)20-19(21)24-16-11-12-17(18(13-16)22-3)23-15-9-7-6-8-10-15/h6-14H,4-5H2,1-3H3,(H,20,21). The highest BCUT2D eigenvalue weighted by Gasteiger charge is 2.13. The summed E-state index contributed by atoms with van der Waals surface area (Å²) in [5, 5.41) is 2.82. The van der Waals surface area contributed by atoms with Crippen molar-refractivity contribution in [3.05, 3.63) is 48.5 Å². The normalized spacial score (nSPS) is 10.3. The molecule has 5 heteroatoms. The van der Waals surface area contributed by atoms with Crippen LogP contribution in [0.2, 0.25) is 0 Å². The zero-order valence-electron chi connectivity index (χ0n) is 14.2. The largest absolute Gasteiger partial charge is 0.493 e. The summed E-state index contributed by atoms with van der Waals surface area (Å²) in [6.07, 6.45) is 1.25. The average Bonchev–Trinajstić information content (AvgIpc) is 2.61. The van der Waals surface area contributed by atoms with E-state index >= 15 is 0 Å². The molecule has 0 heterocycles. The van der Waals surface area contributed by atoms with E-state index in [0.29, 0.717) is 23.0 Å². The van der Waals surface area contributed by atoms with Gasteiger partial charge in [0, 0.05) is 12.1 Å². The van der Waals surface area contributed by atoms with Crippen LogP contribution in [0.4, 0.5) is 4.79 Å². The molecule has 1 N–H and O–H groups in total. The summed E-state index contributed by atoms with van der Waals surface area (Å²) in [5.41, 5.74) is 0. The van der Waals surface area contributed by atoms with Gasteiger partial charge in [0.1, 0.15) is 11.5 Å². The number of hydrogen-bond acceptors (Lipinski definition) is 4. The summed E-state index contributed by atoms with van der Waals surface area (Å²) in [7, 11) is 1.54. The van der Waals surface area contributed by atoms with Gasteiger partial charge in [-0.15, -0.1) is 0 Å². The van der Waals surface area contributed by atoms with Gasteiger partial charge in [-0.3, -0.25) is 0 Å². The highest BCUT2D eigenvalue weighted by Crippen LogP contribution is 2.34. The van der Waals surface area contributed by atoms with E-state index in [1.54, 1.807) is 25.3 Å². The van der Waals surface area contributed by atoms with E-state index in [9.17, 15) is 4.79 Å². The third-order valence-corrected chi connectivity index (χ3v) is 3.62. The number of hydrogen-bond donors (Lipinski definition) is 1. The van der Waals surface area contributed by atoms with Gasteiger partial charge in [-0.25, -0.2) is 4.79 Å². The van der Waals surface area contributed by atoms with Crippen molar-refractivity contribution in [2.24, 2.45) is 0 Å². The molecule has 2 aromatic carbocycles. The molecule has 0 saturated carbocycles. The summed E-state index contributed by atoms with van der Waals surface area (Å²) in [5.74, 6) is 2.15. The first-order chi connectivity index (χ1) is 11.7. The first-order valence-corrected chi connectivity index (χ1v) is 8.05. The first-order valence-electron chi connectivity index (χ1n) is 8.05. The van der Waals surface area contributed by atoms with Crippen molar-refractivity contribution in [3.63, 3.8) is 0 Å². The van der Waals surface area contributed by atoms with Gasteiger partial charge in [-0.05, 0) is 37.1 Å². The van der Waals surface area contributed by atoms with Crippen LogP contribution in [0.15, 0.2) is 48.5 Å². The van der Waals surface area contributed by atoms with E-state index < -0.39 is 6.09 Å². The molecule has 5 nitrogen and oxygen atoms in total. The fourth-order valence-electron chi connectivity index (χ4n) is 2.21. The lowest BCUT2D eigenvalue weighted by molar-refractivity contribution is 0.195. The van der Waals surface area contributed by atoms with Crippen LogP contribution in [0.25, 0.3) is 0 Å². The number of carbonyl (C=O) groups is 1. The Morgan fingerprint density at radius 3 is 2.33 bits per heavy atom. The van der Waals surface area contributed by atoms with Crippen molar-refractivity contribution in [1.29, 1.82) is 0 Å². The van der Waals surface area contributed by atoms with Gasteiger partial charge in [0.25, 0.3) is 0 Å². The Labute approximate surface area is 142 Å². The van der Waals surface area contributed by atoms with Crippen LogP contribution in [0.3, 0.4) is 0 Å². The SMILES string of the molecule is CCC(CC)NC(=O)Oc1ccc(Oc2ccccc2)c(OC)c1. The van der Waals surface area contributed by atoms with Crippen molar-refractivity contribution in [2.45, 2.75) is 32.7 Å². The average molecular weight is 329 g/mol. The molecular formula is C19H23NO4. The number of amides is 1. The predicted octanol–water partition coefficient (Wildman–Crippen LogP) is 4.76. The molecule has 24 heavy (non-hydrogen) atoms. The maximum absolute atomic E-state index is 11.9. The number of ether oxygens (including phenoxy) is 3. The fourth-order valence-corrected chi connectivity index (χ4v) is 2.21. The van der Waals surface area contributed by atoms with Crippen LogP contribution >= 0.6 is 0 Å². The molecule has 2 rings (SSSR count). The van der Waals surface area contributed by atoms with Crippen molar-refractivity contribution >= 4 is 6.09 Å². The minimum atomic E-state index is -0.470. The number of para-hydroxylation sites is 1. The maximum Gasteiger partial charge on any atom is 0.412 e. The Hall–Kier alpha value is -2.69. The molecule has 1 amide bonds. The third-order valence-electron chi connectivity index (χ3n) is 3.62. The number of nitrogens with one attached hydrogen (secondary N) is 1. The van der Waals surface area contributed by atoms with Crippen LogP contribution < -0.4 is 19.5 Å². The van der Waals surface area contributed by atoms with Gasteiger partial charge in [-0.2, -0.15) is 0 Å². The highest BCUT2D eigenvalue weighted by atomic mass is 16.6. The molecule has 0 unspecified atom stereocenters. The molecule has 0 aromatic heterocycles. The molecule has 0 aliphatic rings. The smallest absolute Gasteiger partial charge is 0.412 e. The quantitative estimate of drug-likeness (QED) is 0.795. The van der Waals surface area contributed by atoms with E-state index in [1.807, 2.05) is 44.2 Å². The van der Waals surface area contributed by atoms with Crippen molar-refractivity contribution in [1.82, 2.24) is 5.32 Å². The fraction of sp³-hybridized carbons (Fsp3) is 0.316. The topological polar surface area (TPSA) is 56.8 Å². The summed E-state index contributed by atoms with van der Waals surface area (Å²) < 4.78 is 16.4. The third kappa shape index (κ3) is 4.91. The zero-order chi connectivity index (χ0) is 17.4. The maximum atomic E-state index is 11.9. The number of methoxy groups -OCH3 is 1. The van der Waals surface area contributed by atoms with Crippen molar-refractivity contribution in [2.75, 3.05) is 7.11 Å². The molecule has 128 valence electrons. The monoisotopic (exact) mass is 329 g/mol. The Morgan fingerprint density at radius 2 is 1.71 bits per heavy atom. The summed E-state index contributed by atoms with van der Waals surface area (Å²) in [6, 6.07) is 14.5. The Kier molecular flexibility index (Phi) is 6.49. The van der Waals surface area contributed by atoms with E-state index in [-0.39, 0.29) is 6.04 Å². The van der Waals surface area contributed by atoms with Crippen LogP contribution in [-0.2, 0) is 0 Å². The van der Waals surface area contributed by atoms with Gasteiger partial charge in [0.2, 0.25) is 0 Å². The minimum Gasteiger partial charge on any atom is -0.493 e. The van der Waals surface area contributed by atoms with Gasteiger partial charge >= 0.3 is 6.09 Å². The van der Waals surface area contributed by atoms with Gasteiger partial charge in [0.15, 0.2) is 11.5 Å². The zero-order valence-corrected chi connectivity index (χ0v) is 14.2. The molecule has 0 aliphatic carbocycles. The molecule has 0 radical (unpaired) electrons. The summed E-state index contributed by atoms with van der Waals surface area (Å²) in [4.78, 5) is 11.9. The summed E-state index contributed by atoms with van der Waals surface area (Å²) in [6.45, 7) is 4.04.